The summed E-state index contributed by atoms with van der Waals surface area (Å²) in [7, 11) is 0. The minimum Gasteiger partial charge on any atom is -0.425 e. The molecule has 1 saturated heterocycles. The van der Waals surface area contributed by atoms with Crippen LogP contribution in [0.3, 0.4) is 0 Å². The molecule has 7 heteroatoms. The molecule has 23 heavy (non-hydrogen) atoms. The molecular formula is C16H15F3N2O2. The Bertz CT molecular complexity index is 725. The van der Waals surface area contributed by atoms with Gasteiger partial charge in [0.15, 0.2) is 0 Å². The standard InChI is InChI=1S/C16H15F3N2O2/c17-16(18,19)11-3-4-12-13(9-11)20-6-5-14(12)23-15(22)10-21-7-1-2-8-21/h3-6,9H,1-2,7-8,10H2. The van der Waals surface area contributed by atoms with Crippen molar-refractivity contribution in [2.45, 2.75) is 19.0 Å². The number of alkyl halides is 3. The molecule has 2 heterocycles. The number of fused-ring (bicyclic) bond motifs is 1. The molecule has 1 aliphatic heterocycles. The molecule has 1 fully saturated rings. The Kier molecular flexibility index (Phi) is 4.21. The summed E-state index contributed by atoms with van der Waals surface area (Å²) < 4.78 is 43.5. The van der Waals surface area contributed by atoms with E-state index in [0.29, 0.717) is 5.39 Å². The van der Waals surface area contributed by atoms with Crippen LogP contribution in [-0.2, 0) is 11.0 Å². The molecule has 1 aromatic heterocycles. The summed E-state index contributed by atoms with van der Waals surface area (Å²) >= 11 is 0. The van der Waals surface area contributed by atoms with Gasteiger partial charge in [0.2, 0.25) is 0 Å². The molecule has 3 rings (SSSR count). The highest BCUT2D eigenvalue weighted by Gasteiger charge is 2.30. The maximum absolute atomic E-state index is 12.7. The molecule has 2 aromatic rings. The third-order valence-electron chi connectivity index (χ3n) is 3.81. The SMILES string of the molecule is O=C(CN1CCCC1)Oc1ccnc2cc(C(F)(F)F)ccc12. The second-order valence-corrected chi connectivity index (χ2v) is 5.50. The highest BCUT2D eigenvalue weighted by atomic mass is 19.4. The van der Waals surface area contributed by atoms with Crippen LogP contribution in [0.25, 0.3) is 10.9 Å². The fourth-order valence-corrected chi connectivity index (χ4v) is 2.67. The van der Waals surface area contributed by atoms with Crippen molar-refractivity contribution in [1.82, 2.24) is 9.88 Å². The summed E-state index contributed by atoms with van der Waals surface area (Å²) in [5.74, 6) is -0.188. The summed E-state index contributed by atoms with van der Waals surface area (Å²) in [4.78, 5) is 17.9. The number of pyridine rings is 1. The van der Waals surface area contributed by atoms with E-state index in [-0.39, 0.29) is 17.8 Å². The van der Waals surface area contributed by atoms with E-state index < -0.39 is 17.7 Å². The Hall–Kier alpha value is -2.15. The van der Waals surface area contributed by atoms with Gasteiger partial charge in [0.05, 0.1) is 17.6 Å². The van der Waals surface area contributed by atoms with Gasteiger partial charge in [0.25, 0.3) is 0 Å². The van der Waals surface area contributed by atoms with Crippen LogP contribution in [0.2, 0.25) is 0 Å². The highest BCUT2D eigenvalue weighted by Crippen LogP contribution is 2.33. The van der Waals surface area contributed by atoms with Crippen molar-refractivity contribution in [3.05, 3.63) is 36.0 Å². The van der Waals surface area contributed by atoms with Crippen LogP contribution in [0.1, 0.15) is 18.4 Å². The number of benzene rings is 1. The largest absolute Gasteiger partial charge is 0.425 e. The van der Waals surface area contributed by atoms with Gasteiger partial charge in [-0.05, 0) is 50.2 Å². The van der Waals surface area contributed by atoms with Crippen molar-refractivity contribution in [3.8, 4) is 5.75 Å². The number of hydrogen-bond acceptors (Lipinski definition) is 4. The van der Waals surface area contributed by atoms with Gasteiger partial charge in [-0.3, -0.25) is 14.7 Å². The lowest BCUT2D eigenvalue weighted by molar-refractivity contribution is -0.137. The van der Waals surface area contributed by atoms with Crippen LogP contribution in [0.15, 0.2) is 30.5 Å². The zero-order valence-electron chi connectivity index (χ0n) is 12.3. The van der Waals surface area contributed by atoms with Crippen LogP contribution in [0, 0.1) is 0 Å². The van der Waals surface area contributed by atoms with Gasteiger partial charge in [0, 0.05) is 11.6 Å². The third kappa shape index (κ3) is 3.61. The van der Waals surface area contributed by atoms with Crippen LogP contribution >= 0.6 is 0 Å². The maximum atomic E-state index is 12.7. The predicted molar refractivity (Wildman–Crippen MR) is 78.1 cm³/mol. The van der Waals surface area contributed by atoms with E-state index in [1.165, 1.54) is 18.3 Å². The number of halogens is 3. The van der Waals surface area contributed by atoms with E-state index in [1.54, 1.807) is 0 Å². The monoisotopic (exact) mass is 324 g/mol. The number of nitrogens with zero attached hydrogens (tertiary/aromatic N) is 2. The molecule has 0 amide bonds. The van der Waals surface area contributed by atoms with Crippen molar-refractivity contribution < 1.29 is 22.7 Å². The average molecular weight is 324 g/mol. The van der Waals surface area contributed by atoms with Crippen molar-refractivity contribution in [1.29, 1.82) is 0 Å². The zero-order chi connectivity index (χ0) is 16.4. The van der Waals surface area contributed by atoms with E-state index in [4.69, 9.17) is 4.74 Å². The number of aromatic nitrogens is 1. The van der Waals surface area contributed by atoms with E-state index in [0.717, 1.165) is 38.1 Å². The number of carbonyl (C=O) groups is 1. The minimum atomic E-state index is -4.43. The zero-order valence-corrected chi connectivity index (χ0v) is 12.3. The summed E-state index contributed by atoms with van der Waals surface area (Å²) in [6, 6.07) is 4.68. The first-order valence-corrected chi connectivity index (χ1v) is 7.32. The first-order chi connectivity index (χ1) is 10.9. The number of likely N-dealkylation sites (tertiary alicyclic amines) is 1. The molecule has 0 unspecified atom stereocenters. The van der Waals surface area contributed by atoms with Gasteiger partial charge in [-0.1, -0.05) is 0 Å². The molecule has 0 spiro atoms. The van der Waals surface area contributed by atoms with Gasteiger partial charge in [-0.2, -0.15) is 13.2 Å². The minimum absolute atomic E-state index is 0.145. The Balaban J connectivity index is 1.82. The predicted octanol–water partition coefficient (Wildman–Crippen LogP) is 3.25. The number of carbonyl (C=O) groups excluding carboxylic acids is 1. The molecule has 0 aliphatic carbocycles. The number of hydrogen-bond donors (Lipinski definition) is 0. The van der Waals surface area contributed by atoms with Gasteiger partial charge in [-0.25, -0.2) is 0 Å². The molecule has 0 atom stereocenters. The first-order valence-electron chi connectivity index (χ1n) is 7.32. The molecule has 0 radical (unpaired) electrons. The van der Waals surface area contributed by atoms with Crippen LogP contribution in [0.5, 0.6) is 5.75 Å². The topological polar surface area (TPSA) is 42.4 Å². The smallest absolute Gasteiger partial charge is 0.416 e. The molecular weight excluding hydrogens is 309 g/mol. The molecule has 0 N–H and O–H groups in total. The quantitative estimate of drug-likeness (QED) is 0.813. The van der Waals surface area contributed by atoms with Crippen molar-refractivity contribution in [3.63, 3.8) is 0 Å². The Morgan fingerprint density at radius 2 is 1.96 bits per heavy atom. The lowest BCUT2D eigenvalue weighted by Crippen LogP contribution is -2.29. The Morgan fingerprint density at radius 1 is 1.22 bits per heavy atom. The second kappa shape index (κ2) is 6.16. The van der Waals surface area contributed by atoms with Gasteiger partial charge < -0.3 is 4.74 Å². The van der Waals surface area contributed by atoms with Crippen molar-refractivity contribution in [2.24, 2.45) is 0 Å². The Morgan fingerprint density at radius 3 is 2.65 bits per heavy atom. The fraction of sp³-hybridized carbons (Fsp3) is 0.375. The number of ether oxygens (including phenoxy) is 1. The average Bonchev–Trinajstić information content (AvgIpc) is 2.99. The molecule has 122 valence electrons. The normalized spacial score (nSPS) is 16.0. The van der Waals surface area contributed by atoms with Gasteiger partial charge in [-0.15, -0.1) is 0 Å². The maximum Gasteiger partial charge on any atom is 0.416 e. The van der Waals surface area contributed by atoms with Crippen molar-refractivity contribution in [2.75, 3.05) is 19.6 Å². The van der Waals surface area contributed by atoms with Crippen LogP contribution in [0.4, 0.5) is 13.2 Å². The number of esters is 1. The summed E-state index contributed by atoms with van der Waals surface area (Å²) in [5.41, 5.74) is -0.635. The summed E-state index contributed by atoms with van der Waals surface area (Å²) in [6.45, 7) is 1.91. The van der Waals surface area contributed by atoms with Crippen LogP contribution in [-0.4, -0.2) is 35.5 Å². The number of rotatable bonds is 3. The fourth-order valence-electron chi connectivity index (χ4n) is 2.67. The molecule has 1 aliphatic rings. The van der Waals surface area contributed by atoms with E-state index >= 15 is 0 Å². The summed E-state index contributed by atoms with van der Waals surface area (Å²) in [6.07, 6.45) is -0.976. The van der Waals surface area contributed by atoms with E-state index in [1.807, 2.05) is 4.90 Å². The van der Waals surface area contributed by atoms with Crippen LogP contribution < -0.4 is 4.74 Å². The van der Waals surface area contributed by atoms with Gasteiger partial charge in [0.1, 0.15) is 5.75 Å². The molecule has 4 nitrogen and oxygen atoms in total. The molecule has 0 bridgehead atoms. The first kappa shape index (κ1) is 15.7. The molecule has 0 saturated carbocycles. The summed E-state index contributed by atoms with van der Waals surface area (Å²) in [5, 5.41) is 0.385. The van der Waals surface area contributed by atoms with E-state index in [9.17, 15) is 18.0 Å². The highest BCUT2D eigenvalue weighted by molar-refractivity contribution is 5.88. The second-order valence-electron chi connectivity index (χ2n) is 5.50. The third-order valence-corrected chi connectivity index (χ3v) is 3.81. The van der Waals surface area contributed by atoms with E-state index in [2.05, 4.69) is 4.98 Å². The molecule has 1 aromatic carbocycles. The Labute approximate surface area is 130 Å². The lowest BCUT2D eigenvalue weighted by Gasteiger charge is -2.14. The van der Waals surface area contributed by atoms with Gasteiger partial charge >= 0.3 is 12.1 Å². The van der Waals surface area contributed by atoms with Crippen molar-refractivity contribution >= 4 is 16.9 Å². The lowest BCUT2D eigenvalue weighted by atomic mass is 10.1.